The predicted molar refractivity (Wildman–Crippen MR) is 140 cm³/mol. The Morgan fingerprint density at radius 3 is 2.25 bits per heavy atom. The second-order valence-electron chi connectivity index (χ2n) is 9.40. The van der Waals surface area contributed by atoms with Gasteiger partial charge in [0.1, 0.15) is 6.61 Å². The molecule has 4 rings (SSSR count). The molecule has 2 aliphatic rings. The number of anilines is 2. The van der Waals surface area contributed by atoms with E-state index in [-0.39, 0.29) is 30.2 Å². The van der Waals surface area contributed by atoms with Gasteiger partial charge in [-0.1, -0.05) is 37.3 Å². The minimum absolute atomic E-state index is 0.0148. The molecular formula is C28H36N4O4. The van der Waals surface area contributed by atoms with Gasteiger partial charge in [-0.05, 0) is 43.0 Å². The molecule has 2 aromatic carbocycles. The lowest BCUT2D eigenvalue weighted by Crippen LogP contribution is -2.50. The van der Waals surface area contributed by atoms with E-state index in [1.807, 2.05) is 52.3 Å². The molecule has 8 heteroatoms. The topological polar surface area (TPSA) is 82.2 Å². The average molecular weight is 493 g/mol. The van der Waals surface area contributed by atoms with Crippen molar-refractivity contribution < 1.29 is 19.1 Å². The fourth-order valence-electron chi connectivity index (χ4n) is 5.11. The van der Waals surface area contributed by atoms with E-state index in [1.165, 1.54) is 7.11 Å². The van der Waals surface area contributed by atoms with Crippen LogP contribution < -0.4 is 10.2 Å². The van der Waals surface area contributed by atoms with Crippen molar-refractivity contribution in [2.75, 3.05) is 63.2 Å². The number of hydrogen-bond donors (Lipinski definition) is 1. The summed E-state index contributed by atoms with van der Waals surface area (Å²) in [6.45, 7) is 6.00. The van der Waals surface area contributed by atoms with Crippen LogP contribution in [0.5, 0.6) is 0 Å². The highest BCUT2D eigenvalue weighted by Crippen LogP contribution is 2.29. The van der Waals surface area contributed by atoms with Crippen molar-refractivity contribution in [3.8, 4) is 0 Å². The number of nitrogens with zero attached hydrogens (tertiary/aromatic N) is 3. The third-order valence-electron chi connectivity index (χ3n) is 7.02. The minimum atomic E-state index is -0.263. The normalized spacial score (nSPS) is 16.7. The minimum Gasteiger partial charge on any atom is -0.375 e. The maximum atomic E-state index is 13.4. The summed E-state index contributed by atoms with van der Waals surface area (Å²) >= 11 is 0. The van der Waals surface area contributed by atoms with Crippen LogP contribution in [0.1, 0.15) is 48.0 Å². The van der Waals surface area contributed by atoms with Gasteiger partial charge < -0.3 is 24.8 Å². The van der Waals surface area contributed by atoms with Gasteiger partial charge in [0.2, 0.25) is 11.8 Å². The van der Waals surface area contributed by atoms with Gasteiger partial charge in [-0.15, -0.1) is 0 Å². The van der Waals surface area contributed by atoms with E-state index in [2.05, 4.69) is 17.1 Å². The Kier molecular flexibility index (Phi) is 8.59. The van der Waals surface area contributed by atoms with Crippen molar-refractivity contribution in [3.63, 3.8) is 0 Å². The zero-order chi connectivity index (χ0) is 25.5. The largest absolute Gasteiger partial charge is 0.375 e. The lowest BCUT2D eigenvalue weighted by atomic mass is 9.94. The second kappa shape index (κ2) is 12.0. The molecule has 0 aromatic heterocycles. The Morgan fingerprint density at radius 2 is 1.61 bits per heavy atom. The molecule has 192 valence electrons. The molecule has 2 aromatic rings. The van der Waals surface area contributed by atoms with Gasteiger partial charge in [-0.2, -0.15) is 0 Å². The van der Waals surface area contributed by atoms with E-state index in [1.54, 1.807) is 6.07 Å². The van der Waals surface area contributed by atoms with E-state index < -0.39 is 0 Å². The van der Waals surface area contributed by atoms with E-state index in [9.17, 15) is 14.4 Å². The van der Waals surface area contributed by atoms with Crippen LogP contribution in [0, 0.1) is 0 Å². The third-order valence-corrected chi connectivity index (χ3v) is 7.02. The fraction of sp³-hybridized carbons (Fsp3) is 0.464. The van der Waals surface area contributed by atoms with Gasteiger partial charge in [-0.25, -0.2) is 0 Å². The first-order chi connectivity index (χ1) is 17.5. The van der Waals surface area contributed by atoms with Crippen LogP contribution in [0.15, 0.2) is 48.5 Å². The summed E-state index contributed by atoms with van der Waals surface area (Å²) in [5.74, 6) is -0.257. The molecule has 2 saturated heterocycles. The highest BCUT2D eigenvalue weighted by molar-refractivity contribution is 6.02. The summed E-state index contributed by atoms with van der Waals surface area (Å²) in [6, 6.07) is 15.5. The van der Waals surface area contributed by atoms with Crippen molar-refractivity contribution in [2.45, 2.75) is 32.1 Å². The molecule has 3 amide bonds. The van der Waals surface area contributed by atoms with Gasteiger partial charge in [0.25, 0.3) is 5.91 Å². The number of methoxy groups -OCH3 is 1. The van der Waals surface area contributed by atoms with Gasteiger partial charge in [-0.3, -0.25) is 14.4 Å². The SMILES string of the molecule is CCC(C(=O)N1CCN(c2ccc(NC(=O)COC)cc2C(=O)N2CCCC2)CC1)c1ccccc1. The smallest absolute Gasteiger partial charge is 0.256 e. The van der Waals surface area contributed by atoms with E-state index >= 15 is 0 Å². The molecule has 2 aliphatic heterocycles. The average Bonchev–Trinajstić information content (AvgIpc) is 3.45. The molecule has 0 aliphatic carbocycles. The Balaban J connectivity index is 1.50. The maximum Gasteiger partial charge on any atom is 0.256 e. The maximum absolute atomic E-state index is 13.4. The van der Waals surface area contributed by atoms with Crippen molar-refractivity contribution in [3.05, 3.63) is 59.7 Å². The molecule has 2 fully saturated rings. The van der Waals surface area contributed by atoms with Crippen LogP contribution in [0.3, 0.4) is 0 Å². The molecule has 2 heterocycles. The third kappa shape index (κ3) is 5.87. The Bertz CT molecular complexity index is 1060. The Morgan fingerprint density at radius 1 is 0.917 bits per heavy atom. The highest BCUT2D eigenvalue weighted by atomic mass is 16.5. The van der Waals surface area contributed by atoms with Crippen LogP contribution in [-0.4, -0.2) is 80.5 Å². The first-order valence-corrected chi connectivity index (χ1v) is 12.8. The molecule has 0 bridgehead atoms. The van der Waals surface area contributed by atoms with Crippen LogP contribution in [-0.2, 0) is 14.3 Å². The van der Waals surface area contributed by atoms with Crippen molar-refractivity contribution in [1.29, 1.82) is 0 Å². The molecule has 1 atom stereocenters. The standard InChI is InChI=1S/C28H36N4O4/c1-3-23(21-9-5-4-6-10-21)27(34)32-17-15-30(16-18-32)25-12-11-22(29-26(33)20-36-2)19-24(25)28(35)31-13-7-8-14-31/h4-6,9-12,19,23H,3,7-8,13-18,20H2,1-2H3,(H,29,33). The van der Waals surface area contributed by atoms with E-state index in [4.69, 9.17) is 4.74 Å². The van der Waals surface area contributed by atoms with E-state index in [0.717, 1.165) is 43.6 Å². The molecule has 0 saturated carbocycles. The summed E-state index contributed by atoms with van der Waals surface area (Å²) in [6.07, 6.45) is 2.77. The zero-order valence-electron chi connectivity index (χ0n) is 21.2. The van der Waals surface area contributed by atoms with Gasteiger partial charge in [0.05, 0.1) is 11.5 Å². The number of amides is 3. The summed E-state index contributed by atoms with van der Waals surface area (Å²) in [5.41, 5.74) is 3.06. The summed E-state index contributed by atoms with van der Waals surface area (Å²) in [4.78, 5) is 44.8. The summed E-state index contributed by atoms with van der Waals surface area (Å²) in [5, 5.41) is 2.81. The molecule has 1 N–H and O–H groups in total. The van der Waals surface area contributed by atoms with Crippen molar-refractivity contribution in [1.82, 2.24) is 9.80 Å². The highest BCUT2D eigenvalue weighted by Gasteiger charge is 2.30. The number of carbonyl (C=O) groups is 3. The number of benzene rings is 2. The number of likely N-dealkylation sites (tertiary alicyclic amines) is 1. The van der Waals surface area contributed by atoms with Crippen molar-refractivity contribution >= 4 is 29.1 Å². The lowest BCUT2D eigenvalue weighted by Gasteiger charge is -2.38. The molecule has 8 nitrogen and oxygen atoms in total. The Labute approximate surface area is 213 Å². The molecular weight excluding hydrogens is 456 g/mol. The number of ether oxygens (including phenoxy) is 1. The van der Waals surface area contributed by atoms with Crippen LogP contribution >= 0.6 is 0 Å². The van der Waals surface area contributed by atoms with E-state index in [0.29, 0.717) is 37.4 Å². The number of hydrogen-bond acceptors (Lipinski definition) is 5. The fourth-order valence-corrected chi connectivity index (χ4v) is 5.11. The zero-order valence-corrected chi connectivity index (χ0v) is 21.2. The first kappa shape index (κ1) is 25.7. The molecule has 1 unspecified atom stereocenters. The number of rotatable bonds is 8. The number of piperazine rings is 1. The lowest BCUT2D eigenvalue weighted by molar-refractivity contribution is -0.133. The first-order valence-electron chi connectivity index (χ1n) is 12.8. The summed E-state index contributed by atoms with van der Waals surface area (Å²) in [7, 11) is 1.47. The van der Waals surface area contributed by atoms with Gasteiger partial charge >= 0.3 is 0 Å². The Hall–Kier alpha value is -3.39. The molecule has 0 spiro atoms. The number of nitrogens with one attached hydrogen (secondary N) is 1. The van der Waals surface area contributed by atoms with Gasteiger partial charge in [0, 0.05) is 57.8 Å². The predicted octanol–water partition coefficient (Wildman–Crippen LogP) is 3.35. The van der Waals surface area contributed by atoms with Gasteiger partial charge in [0.15, 0.2) is 0 Å². The summed E-state index contributed by atoms with van der Waals surface area (Å²) < 4.78 is 4.91. The molecule has 36 heavy (non-hydrogen) atoms. The van der Waals surface area contributed by atoms with Crippen LogP contribution in [0.4, 0.5) is 11.4 Å². The quantitative estimate of drug-likeness (QED) is 0.611. The number of carbonyl (C=O) groups excluding carboxylic acids is 3. The van der Waals surface area contributed by atoms with Crippen LogP contribution in [0.2, 0.25) is 0 Å². The molecule has 0 radical (unpaired) electrons. The monoisotopic (exact) mass is 492 g/mol. The van der Waals surface area contributed by atoms with Crippen molar-refractivity contribution in [2.24, 2.45) is 0 Å². The van der Waals surface area contributed by atoms with Crippen LogP contribution in [0.25, 0.3) is 0 Å². The second-order valence-corrected chi connectivity index (χ2v) is 9.40.